The largest absolute Gasteiger partial charge is 0.479 e. The van der Waals surface area contributed by atoms with Gasteiger partial charge in [0, 0.05) is 30.9 Å². The zero-order chi connectivity index (χ0) is 17.4. The maximum absolute atomic E-state index is 12.0. The first-order valence-electron chi connectivity index (χ1n) is 8.52. The zero-order valence-corrected chi connectivity index (χ0v) is 14.2. The topological polar surface area (TPSA) is 71.5 Å². The molecular weight excluding hydrogens is 318 g/mol. The molecule has 25 heavy (non-hydrogen) atoms. The lowest BCUT2D eigenvalue weighted by atomic mass is 9.87. The highest BCUT2D eigenvalue weighted by Crippen LogP contribution is 2.32. The van der Waals surface area contributed by atoms with Crippen molar-refractivity contribution in [3.05, 3.63) is 54.3 Å². The van der Waals surface area contributed by atoms with Crippen molar-refractivity contribution in [2.75, 3.05) is 13.1 Å². The number of hydrogen-bond donors (Lipinski definition) is 1. The predicted molar refractivity (Wildman–Crippen MR) is 93.3 cm³/mol. The second kappa shape index (κ2) is 6.04. The smallest absolute Gasteiger partial charge is 0.330 e. The van der Waals surface area contributed by atoms with Crippen LogP contribution in [0.15, 0.2) is 47.1 Å². The molecule has 0 aliphatic carbocycles. The average Bonchev–Trinajstić information content (AvgIpc) is 3.21. The summed E-state index contributed by atoms with van der Waals surface area (Å²) in [5.74, 6) is 0.882. The lowest BCUT2D eigenvalue weighted by Crippen LogP contribution is -2.51. The number of carboxylic acids is 1. The molecule has 0 saturated carbocycles. The minimum absolute atomic E-state index is 0.555. The van der Waals surface area contributed by atoms with Crippen molar-refractivity contribution in [2.45, 2.75) is 31.8 Å². The molecule has 0 spiro atoms. The molecule has 4 rings (SSSR count). The van der Waals surface area contributed by atoms with Crippen LogP contribution < -0.4 is 0 Å². The van der Waals surface area contributed by atoms with Crippen molar-refractivity contribution in [2.24, 2.45) is 0 Å². The Morgan fingerprint density at radius 2 is 2.08 bits per heavy atom. The van der Waals surface area contributed by atoms with Crippen LogP contribution in [-0.2, 0) is 16.9 Å². The van der Waals surface area contributed by atoms with Gasteiger partial charge in [-0.2, -0.15) is 0 Å². The van der Waals surface area contributed by atoms with E-state index in [1.165, 1.54) is 0 Å². The monoisotopic (exact) mass is 339 g/mol. The normalized spacial score (nSPS) is 17.8. The average molecular weight is 339 g/mol. The first kappa shape index (κ1) is 15.9. The highest BCUT2D eigenvalue weighted by molar-refractivity contribution is 5.78. The minimum atomic E-state index is -0.898. The number of benzene rings is 1. The van der Waals surface area contributed by atoms with Gasteiger partial charge in [0.15, 0.2) is 0 Å². The predicted octanol–water partition coefficient (Wildman–Crippen LogP) is 3.01. The SMILES string of the molecule is Cc1nccn1C1(C(=O)O)CCN(Cc2cc3ccccc3o2)CC1. The number of fused-ring (bicyclic) bond motifs is 1. The Labute approximate surface area is 145 Å². The molecule has 1 aromatic carbocycles. The van der Waals surface area contributed by atoms with E-state index in [4.69, 9.17) is 4.42 Å². The van der Waals surface area contributed by atoms with Gasteiger partial charge in [0.25, 0.3) is 0 Å². The van der Waals surface area contributed by atoms with Crippen molar-refractivity contribution in [1.29, 1.82) is 0 Å². The molecule has 0 radical (unpaired) electrons. The number of rotatable bonds is 4. The Morgan fingerprint density at radius 3 is 2.72 bits per heavy atom. The van der Waals surface area contributed by atoms with E-state index in [2.05, 4.69) is 16.0 Å². The first-order chi connectivity index (χ1) is 12.1. The number of aromatic nitrogens is 2. The summed E-state index contributed by atoms with van der Waals surface area (Å²) in [6, 6.07) is 10.0. The van der Waals surface area contributed by atoms with Crippen LogP contribution in [0.3, 0.4) is 0 Å². The van der Waals surface area contributed by atoms with Gasteiger partial charge in [-0.25, -0.2) is 9.78 Å². The molecule has 1 fully saturated rings. The second-order valence-electron chi connectivity index (χ2n) is 6.71. The summed E-state index contributed by atoms with van der Waals surface area (Å²) in [4.78, 5) is 18.5. The van der Waals surface area contributed by atoms with E-state index in [1.54, 1.807) is 12.4 Å². The van der Waals surface area contributed by atoms with Gasteiger partial charge in [0.05, 0.1) is 6.54 Å². The fourth-order valence-electron chi connectivity index (χ4n) is 3.80. The minimum Gasteiger partial charge on any atom is -0.479 e. The van der Waals surface area contributed by atoms with Gasteiger partial charge in [-0.1, -0.05) is 18.2 Å². The molecule has 130 valence electrons. The maximum atomic E-state index is 12.0. The van der Waals surface area contributed by atoms with Crippen molar-refractivity contribution >= 4 is 16.9 Å². The van der Waals surface area contributed by atoms with Crippen LogP contribution >= 0.6 is 0 Å². The third kappa shape index (κ3) is 2.72. The Hall–Kier alpha value is -2.60. The maximum Gasteiger partial charge on any atom is 0.330 e. The van der Waals surface area contributed by atoms with Gasteiger partial charge in [-0.15, -0.1) is 0 Å². The number of nitrogens with zero attached hydrogens (tertiary/aromatic N) is 3. The van der Waals surface area contributed by atoms with Crippen LogP contribution in [-0.4, -0.2) is 38.6 Å². The summed E-state index contributed by atoms with van der Waals surface area (Å²) in [6.07, 6.45) is 4.55. The fourth-order valence-corrected chi connectivity index (χ4v) is 3.80. The van der Waals surface area contributed by atoms with Crippen LogP contribution in [0.25, 0.3) is 11.0 Å². The Morgan fingerprint density at radius 1 is 1.32 bits per heavy atom. The molecule has 1 aliphatic rings. The Bertz CT molecular complexity index is 870. The molecule has 1 saturated heterocycles. The molecule has 6 nitrogen and oxygen atoms in total. The van der Waals surface area contributed by atoms with Crippen LogP contribution in [0.4, 0.5) is 0 Å². The number of imidazole rings is 1. The highest BCUT2D eigenvalue weighted by atomic mass is 16.4. The van der Waals surface area contributed by atoms with Crippen LogP contribution in [0.1, 0.15) is 24.4 Å². The Balaban J connectivity index is 1.50. The summed E-state index contributed by atoms with van der Waals surface area (Å²) in [6.45, 7) is 3.97. The van der Waals surface area contributed by atoms with E-state index in [0.717, 1.165) is 22.6 Å². The number of aliphatic carboxylic acids is 1. The molecule has 0 bridgehead atoms. The molecule has 0 unspecified atom stereocenters. The molecule has 6 heteroatoms. The lowest BCUT2D eigenvalue weighted by Gasteiger charge is -2.40. The van der Waals surface area contributed by atoms with E-state index in [9.17, 15) is 9.90 Å². The number of para-hydroxylation sites is 1. The van der Waals surface area contributed by atoms with Gasteiger partial charge >= 0.3 is 5.97 Å². The summed E-state index contributed by atoms with van der Waals surface area (Å²) in [5.41, 5.74) is -0.00579. The highest BCUT2D eigenvalue weighted by Gasteiger charge is 2.43. The standard InChI is InChI=1S/C19H21N3O3/c1-14-20-8-11-22(14)19(18(23)24)6-9-21(10-7-19)13-16-12-15-4-2-3-5-17(15)25-16/h2-5,8,11-12H,6-7,9-10,13H2,1H3,(H,23,24). The molecule has 1 aliphatic heterocycles. The molecule has 1 N–H and O–H groups in total. The van der Waals surface area contributed by atoms with Gasteiger partial charge in [-0.05, 0) is 31.9 Å². The number of aryl methyl sites for hydroxylation is 1. The number of carbonyl (C=O) groups is 1. The summed E-state index contributed by atoms with van der Waals surface area (Å²) < 4.78 is 7.70. The fraction of sp³-hybridized carbons (Fsp3) is 0.368. The Kier molecular flexibility index (Phi) is 3.84. The molecule has 0 atom stereocenters. The number of hydrogen-bond acceptors (Lipinski definition) is 4. The van der Waals surface area contributed by atoms with Gasteiger partial charge in [0.1, 0.15) is 22.7 Å². The molecule has 3 heterocycles. The number of piperidine rings is 1. The zero-order valence-electron chi connectivity index (χ0n) is 14.2. The number of likely N-dealkylation sites (tertiary alicyclic amines) is 1. The first-order valence-corrected chi connectivity index (χ1v) is 8.52. The van der Waals surface area contributed by atoms with Gasteiger partial charge < -0.3 is 14.1 Å². The van der Waals surface area contributed by atoms with Gasteiger partial charge in [-0.3, -0.25) is 4.90 Å². The summed E-state index contributed by atoms with van der Waals surface area (Å²) >= 11 is 0. The van der Waals surface area contributed by atoms with E-state index in [0.29, 0.717) is 32.5 Å². The van der Waals surface area contributed by atoms with E-state index >= 15 is 0 Å². The summed E-state index contributed by atoms with van der Waals surface area (Å²) in [7, 11) is 0. The molecule has 2 aromatic heterocycles. The quantitative estimate of drug-likeness (QED) is 0.791. The lowest BCUT2D eigenvalue weighted by molar-refractivity contribution is -0.150. The van der Waals surface area contributed by atoms with Crippen LogP contribution in [0.5, 0.6) is 0 Å². The van der Waals surface area contributed by atoms with Crippen LogP contribution in [0, 0.1) is 6.92 Å². The van der Waals surface area contributed by atoms with E-state index < -0.39 is 11.5 Å². The van der Waals surface area contributed by atoms with Gasteiger partial charge in [0.2, 0.25) is 0 Å². The molecular formula is C19H21N3O3. The van der Waals surface area contributed by atoms with Crippen LogP contribution in [0.2, 0.25) is 0 Å². The second-order valence-corrected chi connectivity index (χ2v) is 6.71. The summed E-state index contributed by atoms with van der Waals surface area (Å²) in [5, 5.41) is 11.0. The van der Waals surface area contributed by atoms with Crippen molar-refractivity contribution < 1.29 is 14.3 Å². The number of furan rings is 1. The van der Waals surface area contributed by atoms with E-state index in [-0.39, 0.29) is 0 Å². The molecule has 0 amide bonds. The van der Waals surface area contributed by atoms with Crippen molar-refractivity contribution in [1.82, 2.24) is 14.5 Å². The molecule has 3 aromatic rings. The third-order valence-electron chi connectivity index (χ3n) is 5.22. The number of carboxylic acid groups (broad SMARTS) is 1. The van der Waals surface area contributed by atoms with Crippen molar-refractivity contribution in [3.63, 3.8) is 0 Å². The third-order valence-corrected chi connectivity index (χ3v) is 5.22. The van der Waals surface area contributed by atoms with Crippen molar-refractivity contribution in [3.8, 4) is 0 Å². The van der Waals surface area contributed by atoms with E-state index in [1.807, 2.05) is 35.8 Å².